The van der Waals surface area contributed by atoms with Gasteiger partial charge in [-0.2, -0.15) is 0 Å². The summed E-state index contributed by atoms with van der Waals surface area (Å²) in [6.07, 6.45) is 3.80. The Labute approximate surface area is 51.7 Å². The van der Waals surface area contributed by atoms with Crippen molar-refractivity contribution in [3.8, 4) is 0 Å². The molecule has 0 fully saturated rings. The van der Waals surface area contributed by atoms with Gasteiger partial charge in [0.1, 0.15) is 6.29 Å². The second-order valence-corrected chi connectivity index (χ2v) is 3.14. The van der Waals surface area contributed by atoms with Crippen molar-refractivity contribution in [3.05, 3.63) is 0 Å². The normalized spacial score (nSPS) is 13.1. The topological polar surface area (TPSA) is 34.1 Å². The molecule has 1 unspecified atom stereocenters. The Kier molecular flexibility index (Phi) is 4.85. The molecule has 0 amide bonds. The van der Waals surface area contributed by atoms with Gasteiger partial charge in [0.05, 0.1) is 0 Å². The fraction of sp³-hybridized carbons (Fsp3) is 0.800. The molecule has 8 heavy (non-hydrogen) atoms. The van der Waals surface area contributed by atoms with Crippen LogP contribution < -0.4 is 0 Å². The zero-order chi connectivity index (χ0) is 6.41. The molecule has 0 aromatic rings. The van der Waals surface area contributed by atoms with Crippen LogP contribution in [-0.4, -0.2) is 22.5 Å². The first-order valence-corrected chi connectivity index (χ1v) is 4.23. The van der Waals surface area contributed by atoms with Gasteiger partial charge in [-0.25, -0.2) is 0 Å². The molecule has 0 spiro atoms. The summed E-state index contributed by atoms with van der Waals surface area (Å²) in [5.41, 5.74) is 0. The van der Waals surface area contributed by atoms with E-state index in [9.17, 15) is 9.00 Å². The molecule has 0 radical (unpaired) electrons. The maximum atomic E-state index is 10.3. The van der Waals surface area contributed by atoms with Crippen LogP contribution in [0.15, 0.2) is 0 Å². The average Bonchev–Trinajstić information content (AvgIpc) is 1.66. The molecule has 0 saturated carbocycles. The quantitative estimate of drug-likeness (QED) is 0.410. The molecule has 0 aliphatic rings. The van der Waals surface area contributed by atoms with Gasteiger partial charge in [-0.3, -0.25) is 4.21 Å². The monoisotopic (exact) mass is 134 g/mol. The molecule has 0 aromatic carbocycles. The molecular formula is C5H10O2S. The highest BCUT2D eigenvalue weighted by Gasteiger charge is 1.88. The zero-order valence-electron chi connectivity index (χ0n) is 4.92. The van der Waals surface area contributed by atoms with E-state index in [1.807, 2.05) is 0 Å². The lowest BCUT2D eigenvalue weighted by atomic mass is 10.4. The van der Waals surface area contributed by atoms with Gasteiger partial charge in [-0.15, -0.1) is 0 Å². The summed E-state index contributed by atoms with van der Waals surface area (Å²) in [5, 5.41) is 0. The predicted molar refractivity (Wildman–Crippen MR) is 34.2 cm³/mol. The van der Waals surface area contributed by atoms with Gasteiger partial charge >= 0.3 is 0 Å². The second-order valence-electron chi connectivity index (χ2n) is 1.59. The van der Waals surface area contributed by atoms with Crippen LogP contribution in [0.5, 0.6) is 0 Å². The number of carbonyl (C=O) groups excluding carboxylic acids is 1. The fourth-order valence-electron chi connectivity index (χ4n) is 0.370. The van der Waals surface area contributed by atoms with Gasteiger partial charge in [0.25, 0.3) is 0 Å². The molecular weight excluding hydrogens is 124 g/mol. The highest BCUT2D eigenvalue weighted by Crippen LogP contribution is 1.85. The van der Waals surface area contributed by atoms with Gasteiger partial charge in [0.15, 0.2) is 0 Å². The van der Waals surface area contributed by atoms with Gasteiger partial charge in [-0.1, -0.05) is 0 Å². The first kappa shape index (κ1) is 7.82. The SMILES string of the molecule is CS(=O)CCCC=O. The van der Waals surface area contributed by atoms with Crippen LogP contribution in [0.25, 0.3) is 0 Å². The highest BCUT2D eigenvalue weighted by atomic mass is 32.2. The van der Waals surface area contributed by atoms with Crippen molar-refractivity contribution in [2.24, 2.45) is 0 Å². The maximum Gasteiger partial charge on any atom is 0.120 e. The third-order valence-electron chi connectivity index (χ3n) is 0.754. The Morgan fingerprint density at radius 3 is 2.62 bits per heavy atom. The van der Waals surface area contributed by atoms with E-state index in [-0.39, 0.29) is 0 Å². The highest BCUT2D eigenvalue weighted by molar-refractivity contribution is 7.84. The molecule has 0 aliphatic carbocycles. The van der Waals surface area contributed by atoms with Gasteiger partial charge in [-0.05, 0) is 6.42 Å². The van der Waals surface area contributed by atoms with Crippen molar-refractivity contribution in [2.75, 3.05) is 12.0 Å². The number of rotatable bonds is 4. The van der Waals surface area contributed by atoms with E-state index in [2.05, 4.69) is 0 Å². The van der Waals surface area contributed by atoms with Crippen LogP contribution in [0, 0.1) is 0 Å². The Bertz CT molecular complexity index is 90.4. The molecule has 2 nitrogen and oxygen atoms in total. The molecule has 0 aromatic heterocycles. The third kappa shape index (κ3) is 5.82. The standard InChI is InChI=1S/C5H10O2S/c1-8(7)5-3-2-4-6/h4H,2-3,5H2,1H3. The lowest BCUT2D eigenvalue weighted by Crippen LogP contribution is -1.93. The second kappa shape index (κ2) is 4.97. The van der Waals surface area contributed by atoms with Crippen LogP contribution in [0.2, 0.25) is 0 Å². The van der Waals surface area contributed by atoms with Crippen LogP contribution in [0.1, 0.15) is 12.8 Å². The number of unbranched alkanes of at least 4 members (excludes halogenated alkanes) is 1. The van der Waals surface area contributed by atoms with Crippen molar-refractivity contribution in [3.63, 3.8) is 0 Å². The molecule has 1 atom stereocenters. The van der Waals surface area contributed by atoms with Crippen molar-refractivity contribution < 1.29 is 9.00 Å². The summed E-state index contributed by atoms with van der Waals surface area (Å²) in [4.78, 5) is 9.69. The molecule has 0 aliphatic heterocycles. The number of carbonyl (C=O) groups is 1. The number of hydrogen-bond donors (Lipinski definition) is 0. The Balaban J connectivity index is 2.93. The van der Waals surface area contributed by atoms with E-state index in [0.29, 0.717) is 12.2 Å². The molecule has 3 heteroatoms. The van der Waals surface area contributed by atoms with E-state index in [0.717, 1.165) is 12.7 Å². The average molecular weight is 134 g/mol. The zero-order valence-corrected chi connectivity index (χ0v) is 5.74. The lowest BCUT2D eigenvalue weighted by Gasteiger charge is -1.87. The Hall–Kier alpha value is -0.180. The Morgan fingerprint density at radius 2 is 2.25 bits per heavy atom. The summed E-state index contributed by atoms with van der Waals surface area (Å²) in [7, 11) is -0.726. The molecule has 0 N–H and O–H groups in total. The maximum absolute atomic E-state index is 10.3. The molecule has 0 bridgehead atoms. The minimum Gasteiger partial charge on any atom is -0.303 e. The summed E-state index contributed by atoms with van der Waals surface area (Å²) in [6, 6.07) is 0. The third-order valence-corrected chi connectivity index (χ3v) is 1.62. The van der Waals surface area contributed by atoms with Crippen molar-refractivity contribution in [1.29, 1.82) is 0 Å². The smallest absolute Gasteiger partial charge is 0.120 e. The summed E-state index contributed by atoms with van der Waals surface area (Å²) < 4.78 is 10.3. The van der Waals surface area contributed by atoms with Crippen molar-refractivity contribution in [2.45, 2.75) is 12.8 Å². The van der Waals surface area contributed by atoms with Crippen LogP contribution in [0.4, 0.5) is 0 Å². The fourth-order valence-corrected chi connectivity index (χ4v) is 0.943. The predicted octanol–water partition coefficient (Wildman–Crippen LogP) is 0.344. The summed E-state index contributed by atoms with van der Waals surface area (Å²) >= 11 is 0. The minimum atomic E-state index is -0.726. The first-order chi connectivity index (χ1) is 3.77. The first-order valence-electron chi connectivity index (χ1n) is 2.51. The van der Waals surface area contributed by atoms with Crippen LogP contribution in [-0.2, 0) is 15.6 Å². The number of hydrogen-bond acceptors (Lipinski definition) is 2. The van der Waals surface area contributed by atoms with E-state index in [1.165, 1.54) is 0 Å². The van der Waals surface area contributed by atoms with Crippen molar-refractivity contribution in [1.82, 2.24) is 0 Å². The lowest BCUT2D eigenvalue weighted by molar-refractivity contribution is -0.107. The van der Waals surface area contributed by atoms with E-state index >= 15 is 0 Å². The van der Waals surface area contributed by atoms with E-state index < -0.39 is 10.8 Å². The van der Waals surface area contributed by atoms with Gasteiger partial charge in [0.2, 0.25) is 0 Å². The molecule has 0 saturated heterocycles. The number of aldehydes is 1. The van der Waals surface area contributed by atoms with E-state index in [1.54, 1.807) is 6.26 Å². The van der Waals surface area contributed by atoms with E-state index in [4.69, 9.17) is 0 Å². The largest absolute Gasteiger partial charge is 0.303 e. The molecule has 48 valence electrons. The van der Waals surface area contributed by atoms with Crippen LogP contribution >= 0.6 is 0 Å². The Morgan fingerprint density at radius 1 is 1.62 bits per heavy atom. The minimum absolute atomic E-state index is 0.541. The molecule has 0 rings (SSSR count). The van der Waals surface area contributed by atoms with Crippen molar-refractivity contribution >= 4 is 17.1 Å². The van der Waals surface area contributed by atoms with Crippen LogP contribution in [0.3, 0.4) is 0 Å². The van der Waals surface area contributed by atoms with Gasteiger partial charge in [0, 0.05) is 29.2 Å². The summed E-state index contributed by atoms with van der Waals surface area (Å²) in [6.45, 7) is 0. The molecule has 0 heterocycles. The van der Waals surface area contributed by atoms with Gasteiger partial charge < -0.3 is 4.79 Å². The summed E-state index contributed by atoms with van der Waals surface area (Å²) in [5.74, 6) is 0.652.